The van der Waals surface area contributed by atoms with Crippen molar-refractivity contribution in [1.82, 2.24) is 0 Å². The van der Waals surface area contributed by atoms with Crippen LogP contribution in [0, 0.1) is 13.8 Å². The smallest absolute Gasteiger partial charge is 0.261 e. The van der Waals surface area contributed by atoms with Crippen molar-refractivity contribution in [1.29, 1.82) is 0 Å². The summed E-state index contributed by atoms with van der Waals surface area (Å²) in [5, 5.41) is 2.72. The Kier molecular flexibility index (Phi) is 6.03. The molecule has 0 fully saturated rings. The summed E-state index contributed by atoms with van der Waals surface area (Å²) in [5.41, 5.74) is 3.25. The van der Waals surface area contributed by atoms with Crippen molar-refractivity contribution < 1.29 is 18.0 Å². The van der Waals surface area contributed by atoms with Crippen LogP contribution in [-0.2, 0) is 10.0 Å². The number of anilines is 2. The molecule has 0 atom stereocenters. The molecule has 154 valence electrons. The van der Waals surface area contributed by atoms with E-state index >= 15 is 0 Å². The number of amides is 1. The van der Waals surface area contributed by atoms with Gasteiger partial charge in [-0.15, -0.1) is 0 Å². The molecule has 0 spiro atoms. The van der Waals surface area contributed by atoms with Crippen molar-refractivity contribution in [2.24, 2.45) is 0 Å². The molecule has 3 rings (SSSR count). The van der Waals surface area contributed by atoms with E-state index in [-0.39, 0.29) is 16.2 Å². The molecule has 0 radical (unpaired) electrons. The van der Waals surface area contributed by atoms with Gasteiger partial charge in [-0.1, -0.05) is 35.9 Å². The first kappa shape index (κ1) is 21.3. The molecule has 0 heterocycles. The summed E-state index contributed by atoms with van der Waals surface area (Å²) in [6, 6.07) is 17.9. The zero-order valence-corrected chi connectivity index (χ0v) is 17.7. The van der Waals surface area contributed by atoms with Crippen LogP contribution in [0.1, 0.15) is 38.8 Å². The standard InChI is InChI=1S/C23H22N2O4S/c1-15-7-10-19(11-8-15)25-30(28,29)21-12-9-16(2)22(14-21)23(27)24-20-6-4-5-18(13-20)17(3)26/h4-14,25H,1-3H3,(H,24,27). The van der Waals surface area contributed by atoms with Gasteiger partial charge >= 0.3 is 0 Å². The molecule has 0 unspecified atom stereocenters. The van der Waals surface area contributed by atoms with Crippen molar-refractivity contribution in [2.75, 3.05) is 10.0 Å². The van der Waals surface area contributed by atoms with Gasteiger partial charge in [0.25, 0.3) is 15.9 Å². The molecule has 3 aromatic carbocycles. The molecule has 0 saturated heterocycles. The third-order valence-corrected chi connectivity index (χ3v) is 5.97. The molecule has 0 aliphatic carbocycles. The second-order valence-electron chi connectivity index (χ2n) is 7.04. The molecule has 3 aromatic rings. The van der Waals surface area contributed by atoms with E-state index in [0.29, 0.717) is 22.5 Å². The summed E-state index contributed by atoms with van der Waals surface area (Å²) in [5.74, 6) is -0.571. The van der Waals surface area contributed by atoms with Gasteiger partial charge in [0.1, 0.15) is 0 Å². The van der Waals surface area contributed by atoms with Crippen LogP contribution in [0.3, 0.4) is 0 Å². The van der Waals surface area contributed by atoms with E-state index < -0.39 is 15.9 Å². The molecule has 0 aromatic heterocycles. The minimum absolute atomic E-state index is 0.0173. The highest BCUT2D eigenvalue weighted by Crippen LogP contribution is 2.21. The maximum absolute atomic E-state index is 12.8. The molecule has 2 N–H and O–H groups in total. The molecule has 30 heavy (non-hydrogen) atoms. The summed E-state index contributed by atoms with van der Waals surface area (Å²) >= 11 is 0. The third-order valence-electron chi connectivity index (χ3n) is 4.59. The Morgan fingerprint density at radius 2 is 1.53 bits per heavy atom. The first-order valence-corrected chi connectivity index (χ1v) is 10.8. The Balaban J connectivity index is 1.87. The monoisotopic (exact) mass is 422 g/mol. The first-order valence-electron chi connectivity index (χ1n) is 9.28. The fourth-order valence-electron chi connectivity index (χ4n) is 2.86. The van der Waals surface area contributed by atoms with Crippen LogP contribution in [-0.4, -0.2) is 20.1 Å². The fraction of sp³-hybridized carbons (Fsp3) is 0.130. The van der Waals surface area contributed by atoms with Gasteiger partial charge < -0.3 is 5.32 Å². The Labute approximate surface area is 176 Å². The highest BCUT2D eigenvalue weighted by atomic mass is 32.2. The van der Waals surface area contributed by atoms with Gasteiger partial charge in [-0.3, -0.25) is 14.3 Å². The van der Waals surface area contributed by atoms with E-state index in [1.807, 2.05) is 6.92 Å². The van der Waals surface area contributed by atoms with Gasteiger partial charge in [0.2, 0.25) is 0 Å². The van der Waals surface area contributed by atoms with Crippen LogP contribution < -0.4 is 10.0 Å². The van der Waals surface area contributed by atoms with Gasteiger partial charge in [0.15, 0.2) is 5.78 Å². The summed E-state index contributed by atoms with van der Waals surface area (Å²) in [6.45, 7) is 5.08. The van der Waals surface area contributed by atoms with Gasteiger partial charge in [-0.25, -0.2) is 8.42 Å². The fourth-order valence-corrected chi connectivity index (χ4v) is 3.95. The molecule has 6 nitrogen and oxygen atoms in total. The maximum atomic E-state index is 12.8. The number of ketones is 1. The zero-order valence-electron chi connectivity index (χ0n) is 16.9. The van der Waals surface area contributed by atoms with E-state index in [1.54, 1.807) is 61.5 Å². The van der Waals surface area contributed by atoms with Crippen molar-refractivity contribution in [2.45, 2.75) is 25.7 Å². The number of hydrogen-bond donors (Lipinski definition) is 2. The van der Waals surface area contributed by atoms with E-state index in [2.05, 4.69) is 10.0 Å². The van der Waals surface area contributed by atoms with E-state index in [0.717, 1.165) is 5.56 Å². The summed E-state index contributed by atoms with van der Waals surface area (Å²) < 4.78 is 28.1. The minimum atomic E-state index is -3.86. The normalized spacial score (nSPS) is 11.0. The number of carbonyl (C=O) groups is 2. The van der Waals surface area contributed by atoms with Crippen molar-refractivity contribution in [3.05, 3.63) is 89.0 Å². The lowest BCUT2D eigenvalue weighted by atomic mass is 10.1. The summed E-state index contributed by atoms with van der Waals surface area (Å²) in [7, 11) is -3.86. The van der Waals surface area contributed by atoms with Gasteiger partial charge in [0, 0.05) is 22.5 Å². The SMILES string of the molecule is CC(=O)c1cccc(NC(=O)c2cc(S(=O)(=O)Nc3ccc(C)cc3)ccc2C)c1. The zero-order chi connectivity index (χ0) is 21.9. The van der Waals surface area contributed by atoms with Crippen molar-refractivity contribution in [3.8, 4) is 0 Å². The molecule has 0 bridgehead atoms. The molecule has 0 saturated carbocycles. The number of rotatable bonds is 6. The van der Waals surface area contributed by atoms with Crippen molar-refractivity contribution in [3.63, 3.8) is 0 Å². The number of Topliss-reactive ketones (excluding diaryl/α,β-unsaturated/α-hetero) is 1. The quantitative estimate of drug-likeness (QED) is 0.570. The average molecular weight is 423 g/mol. The highest BCUT2D eigenvalue weighted by Gasteiger charge is 2.18. The lowest BCUT2D eigenvalue weighted by molar-refractivity contribution is 0.101. The minimum Gasteiger partial charge on any atom is -0.322 e. The lowest BCUT2D eigenvalue weighted by Gasteiger charge is -2.12. The molecule has 0 aliphatic heterocycles. The Bertz CT molecular complexity index is 1220. The van der Waals surface area contributed by atoms with Gasteiger partial charge in [-0.05, 0) is 62.7 Å². The average Bonchev–Trinajstić information content (AvgIpc) is 2.70. The third kappa shape index (κ3) is 4.93. The molecule has 7 heteroatoms. The number of hydrogen-bond acceptors (Lipinski definition) is 4. The Hall–Kier alpha value is -3.45. The van der Waals surface area contributed by atoms with Crippen LogP contribution in [0.5, 0.6) is 0 Å². The number of carbonyl (C=O) groups excluding carboxylic acids is 2. The molecule has 0 aliphatic rings. The number of benzene rings is 3. The van der Waals surface area contributed by atoms with E-state index in [4.69, 9.17) is 0 Å². The number of aryl methyl sites for hydroxylation is 2. The van der Waals surface area contributed by atoms with E-state index in [9.17, 15) is 18.0 Å². The van der Waals surface area contributed by atoms with Crippen LogP contribution in [0.15, 0.2) is 71.6 Å². The van der Waals surface area contributed by atoms with Crippen molar-refractivity contribution >= 4 is 33.1 Å². The molecular weight excluding hydrogens is 400 g/mol. The summed E-state index contributed by atoms with van der Waals surface area (Å²) in [6.07, 6.45) is 0. The first-order chi connectivity index (χ1) is 14.2. The number of nitrogens with one attached hydrogen (secondary N) is 2. The van der Waals surface area contributed by atoms with Gasteiger partial charge in [0.05, 0.1) is 4.90 Å². The second kappa shape index (κ2) is 8.51. The molecule has 1 amide bonds. The largest absolute Gasteiger partial charge is 0.322 e. The second-order valence-corrected chi connectivity index (χ2v) is 8.72. The molecular formula is C23H22N2O4S. The maximum Gasteiger partial charge on any atom is 0.261 e. The lowest BCUT2D eigenvalue weighted by Crippen LogP contribution is -2.17. The topological polar surface area (TPSA) is 92.3 Å². The van der Waals surface area contributed by atoms with Gasteiger partial charge in [-0.2, -0.15) is 0 Å². The van der Waals surface area contributed by atoms with Crippen LogP contribution in [0.25, 0.3) is 0 Å². The predicted octanol–water partition coefficient (Wildman–Crippen LogP) is 4.56. The highest BCUT2D eigenvalue weighted by molar-refractivity contribution is 7.92. The van der Waals surface area contributed by atoms with Crippen LogP contribution in [0.4, 0.5) is 11.4 Å². The van der Waals surface area contributed by atoms with Crippen LogP contribution in [0.2, 0.25) is 0 Å². The van der Waals surface area contributed by atoms with Crippen LogP contribution >= 0.6 is 0 Å². The Morgan fingerprint density at radius 3 is 2.20 bits per heavy atom. The summed E-state index contributed by atoms with van der Waals surface area (Å²) in [4.78, 5) is 24.3. The van der Waals surface area contributed by atoms with E-state index in [1.165, 1.54) is 19.1 Å². The number of sulfonamides is 1. The Morgan fingerprint density at radius 1 is 0.833 bits per heavy atom. The predicted molar refractivity (Wildman–Crippen MR) is 118 cm³/mol.